The maximum atomic E-state index is 10.5. The number of aliphatic carboxylic acids is 1. The van der Waals surface area contributed by atoms with Crippen LogP contribution in [-0.2, 0) is 11.2 Å². The van der Waals surface area contributed by atoms with Gasteiger partial charge in [-0.1, -0.05) is 23.7 Å². The molecule has 0 spiro atoms. The average Bonchev–Trinajstić information content (AvgIpc) is 2.68. The smallest absolute Gasteiger partial charge is 0.303 e. The van der Waals surface area contributed by atoms with Crippen LogP contribution in [0.1, 0.15) is 17.8 Å². The predicted molar refractivity (Wildman–Crippen MR) is 69.7 cm³/mol. The first-order valence-electron chi connectivity index (χ1n) is 5.59. The van der Waals surface area contributed by atoms with Crippen molar-refractivity contribution in [1.82, 2.24) is 9.97 Å². The summed E-state index contributed by atoms with van der Waals surface area (Å²) >= 11 is 5.92. The number of aromatic nitrogens is 2. The first kappa shape index (κ1) is 12.6. The van der Waals surface area contributed by atoms with Crippen LogP contribution in [0.2, 0.25) is 5.02 Å². The zero-order valence-corrected chi connectivity index (χ0v) is 10.7. The molecule has 0 bridgehead atoms. The summed E-state index contributed by atoms with van der Waals surface area (Å²) in [6.45, 7) is 1.89. The number of carboxylic acids is 1. The van der Waals surface area contributed by atoms with Gasteiger partial charge in [0.2, 0.25) is 0 Å². The highest BCUT2D eigenvalue weighted by molar-refractivity contribution is 6.30. The molecule has 0 aliphatic carbocycles. The lowest BCUT2D eigenvalue weighted by Crippen LogP contribution is -1.98. The van der Waals surface area contributed by atoms with E-state index in [0.717, 1.165) is 22.8 Å². The summed E-state index contributed by atoms with van der Waals surface area (Å²) in [6, 6.07) is 7.38. The second-order valence-electron chi connectivity index (χ2n) is 4.06. The summed E-state index contributed by atoms with van der Waals surface area (Å²) < 4.78 is 0. The summed E-state index contributed by atoms with van der Waals surface area (Å²) in [5, 5.41) is 9.32. The largest absolute Gasteiger partial charge is 0.481 e. The number of benzene rings is 1. The number of carbonyl (C=O) groups is 1. The summed E-state index contributed by atoms with van der Waals surface area (Å²) in [4.78, 5) is 18.1. The van der Waals surface area contributed by atoms with Gasteiger partial charge < -0.3 is 10.1 Å². The Morgan fingerprint density at radius 2 is 2.28 bits per heavy atom. The number of hydrogen-bond donors (Lipinski definition) is 2. The van der Waals surface area contributed by atoms with Crippen LogP contribution < -0.4 is 0 Å². The van der Waals surface area contributed by atoms with E-state index >= 15 is 0 Å². The zero-order valence-electron chi connectivity index (χ0n) is 9.90. The monoisotopic (exact) mass is 264 g/mol. The zero-order chi connectivity index (χ0) is 13.1. The molecule has 0 radical (unpaired) electrons. The van der Waals surface area contributed by atoms with E-state index in [2.05, 4.69) is 9.97 Å². The molecule has 4 nitrogen and oxygen atoms in total. The predicted octanol–water partition coefficient (Wildman–Crippen LogP) is 3.06. The molecule has 18 heavy (non-hydrogen) atoms. The Kier molecular flexibility index (Phi) is 3.67. The molecule has 2 rings (SSSR count). The van der Waals surface area contributed by atoms with Crippen molar-refractivity contribution in [3.8, 4) is 11.4 Å². The van der Waals surface area contributed by atoms with E-state index < -0.39 is 5.97 Å². The van der Waals surface area contributed by atoms with Crippen molar-refractivity contribution >= 4 is 17.6 Å². The molecule has 0 fully saturated rings. The molecule has 0 aliphatic heterocycles. The normalized spacial score (nSPS) is 10.6. The molecule has 2 N–H and O–H groups in total. The van der Waals surface area contributed by atoms with Crippen molar-refractivity contribution in [3.63, 3.8) is 0 Å². The number of halogens is 1. The number of nitrogens with zero attached hydrogens (tertiary/aromatic N) is 1. The number of imidazole rings is 1. The molecule has 0 aliphatic rings. The van der Waals surface area contributed by atoms with Gasteiger partial charge in [0.05, 0.1) is 12.1 Å². The van der Waals surface area contributed by atoms with Crippen molar-refractivity contribution in [2.45, 2.75) is 19.8 Å². The highest BCUT2D eigenvalue weighted by atomic mass is 35.5. The topological polar surface area (TPSA) is 66.0 Å². The molecule has 0 unspecified atom stereocenters. The molecule has 0 saturated heterocycles. The SMILES string of the molecule is Cc1[nH]c(-c2cccc(Cl)c2)nc1CCC(=O)O. The van der Waals surface area contributed by atoms with Gasteiger partial charge in [0, 0.05) is 22.7 Å². The number of hydrogen-bond acceptors (Lipinski definition) is 2. The summed E-state index contributed by atoms with van der Waals surface area (Å²) in [5.74, 6) is -0.0999. The molecule has 0 amide bonds. The van der Waals surface area contributed by atoms with E-state index in [-0.39, 0.29) is 6.42 Å². The van der Waals surface area contributed by atoms with Gasteiger partial charge >= 0.3 is 5.97 Å². The standard InChI is InChI=1S/C13H13ClN2O2/c1-8-11(5-6-12(17)18)16-13(15-8)9-3-2-4-10(14)7-9/h2-4,7H,5-6H2,1H3,(H,15,16)(H,17,18). The Balaban J connectivity index is 2.25. The minimum atomic E-state index is -0.818. The van der Waals surface area contributed by atoms with E-state index in [1.165, 1.54) is 0 Å². The Morgan fingerprint density at radius 3 is 2.94 bits per heavy atom. The van der Waals surface area contributed by atoms with Gasteiger partial charge in [0.1, 0.15) is 5.82 Å². The lowest BCUT2D eigenvalue weighted by atomic mass is 10.2. The van der Waals surface area contributed by atoms with Crippen molar-refractivity contribution in [1.29, 1.82) is 0 Å². The quantitative estimate of drug-likeness (QED) is 0.892. The van der Waals surface area contributed by atoms with Gasteiger partial charge in [0.25, 0.3) is 0 Å². The van der Waals surface area contributed by atoms with Crippen LogP contribution in [0.5, 0.6) is 0 Å². The summed E-state index contributed by atoms with van der Waals surface area (Å²) in [5.41, 5.74) is 2.57. The second-order valence-corrected chi connectivity index (χ2v) is 4.50. The van der Waals surface area contributed by atoms with E-state index in [1.807, 2.05) is 25.1 Å². The Labute approximate surface area is 110 Å². The third-order valence-electron chi connectivity index (χ3n) is 2.66. The van der Waals surface area contributed by atoms with Gasteiger partial charge in [-0.2, -0.15) is 0 Å². The molecule has 0 atom stereocenters. The first-order chi connectivity index (χ1) is 8.56. The average molecular weight is 265 g/mol. The van der Waals surface area contributed by atoms with Crippen molar-refractivity contribution < 1.29 is 9.90 Å². The number of aryl methyl sites for hydroxylation is 2. The third-order valence-corrected chi connectivity index (χ3v) is 2.89. The Morgan fingerprint density at radius 1 is 1.50 bits per heavy atom. The van der Waals surface area contributed by atoms with Crippen LogP contribution in [-0.4, -0.2) is 21.0 Å². The first-order valence-corrected chi connectivity index (χ1v) is 5.97. The van der Waals surface area contributed by atoms with E-state index in [1.54, 1.807) is 6.07 Å². The molecule has 94 valence electrons. The number of carboxylic acid groups (broad SMARTS) is 1. The van der Waals surface area contributed by atoms with Crippen LogP contribution in [0.4, 0.5) is 0 Å². The van der Waals surface area contributed by atoms with Gasteiger partial charge in [-0.05, 0) is 19.1 Å². The lowest BCUT2D eigenvalue weighted by molar-refractivity contribution is -0.136. The van der Waals surface area contributed by atoms with Crippen LogP contribution >= 0.6 is 11.6 Å². The minimum absolute atomic E-state index is 0.0840. The van der Waals surface area contributed by atoms with E-state index in [0.29, 0.717) is 11.4 Å². The molecule has 0 saturated carbocycles. The number of H-pyrrole nitrogens is 1. The van der Waals surface area contributed by atoms with Gasteiger partial charge in [0.15, 0.2) is 0 Å². The highest BCUT2D eigenvalue weighted by Gasteiger charge is 2.10. The van der Waals surface area contributed by atoms with Crippen molar-refractivity contribution in [2.75, 3.05) is 0 Å². The van der Waals surface area contributed by atoms with Crippen molar-refractivity contribution in [2.24, 2.45) is 0 Å². The number of rotatable bonds is 4. The molecule has 1 heterocycles. The fourth-order valence-electron chi connectivity index (χ4n) is 1.74. The minimum Gasteiger partial charge on any atom is -0.481 e. The lowest BCUT2D eigenvalue weighted by Gasteiger charge is -1.96. The third kappa shape index (κ3) is 2.90. The number of nitrogens with one attached hydrogen (secondary N) is 1. The maximum Gasteiger partial charge on any atom is 0.303 e. The highest BCUT2D eigenvalue weighted by Crippen LogP contribution is 2.21. The van der Waals surface area contributed by atoms with Gasteiger partial charge in [-0.3, -0.25) is 4.79 Å². The molecule has 1 aromatic carbocycles. The summed E-state index contributed by atoms with van der Waals surface area (Å²) in [7, 11) is 0. The van der Waals surface area contributed by atoms with Gasteiger partial charge in [-0.25, -0.2) is 4.98 Å². The van der Waals surface area contributed by atoms with E-state index in [4.69, 9.17) is 16.7 Å². The Hall–Kier alpha value is -1.81. The van der Waals surface area contributed by atoms with Crippen molar-refractivity contribution in [3.05, 3.63) is 40.7 Å². The number of aromatic amines is 1. The molecule has 5 heteroatoms. The fraction of sp³-hybridized carbons (Fsp3) is 0.231. The molecule has 1 aromatic heterocycles. The Bertz CT molecular complexity index is 578. The maximum absolute atomic E-state index is 10.5. The van der Waals surface area contributed by atoms with Crippen LogP contribution in [0, 0.1) is 6.92 Å². The summed E-state index contributed by atoms with van der Waals surface area (Å²) in [6.07, 6.45) is 0.513. The van der Waals surface area contributed by atoms with E-state index in [9.17, 15) is 4.79 Å². The molecule has 2 aromatic rings. The van der Waals surface area contributed by atoms with Crippen LogP contribution in [0.25, 0.3) is 11.4 Å². The fourth-order valence-corrected chi connectivity index (χ4v) is 1.93. The molecular formula is C13H13ClN2O2. The molecular weight excluding hydrogens is 252 g/mol. The van der Waals surface area contributed by atoms with Crippen LogP contribution in [0.15, 0.2) is 24.3 Å². The van der Waals surface area contributed by atoms with Gasteiger partial charge in [-0.15, -0.1) is 0 Å². The van der Waals surface area contributed by atoms with Crippen LogP contribution in [0.3, 0.4) is 0 Å². The second kappa shape index (κ2) is 5.23.